The number of para-hydroxylation sites is 1. The number of aromatic nitrogens is 3. The Labute approximate surface area is 356 Å². The Morgan fingerprint density at radius 1 is 0.950 bits per heavy atom. The summed E-state index contributed by atoms with van der Waals surface area (Å²) in [6.07, 6.45) is 2.34. The number of likely N-dealkylation sites (tertiary alicyclic amines) is 2. The number of hydrogen-bond donors (Lipinski definition) is 4. The first-order valence-electron chi connectivity index (χ1n) is 21.4. The van der Waals surface area contributed by atoms with Gasteiger partial charge >= 0.3 is 0 Å². The van der Waals surface area contributed by atoms with E-state index in [4.69, 9.17) is 0 Å². The Bertz CT molecular complexity index is 2180. The minimum absolute atomic E-state index is 0.0955. The van der Waals surface area contributed by atoms with Gasteiger partial charge in [0.25, 0.3) is 0 Å². The largest absolute Gasteiger partial charge is 0.507 e. The number of piperazine rings is 1. The molecule has 3 fully saturated rings. The number of amides is 3. The third kappa shape index (κ3) is 8.84. The van der Waals surface area contributed by atoms with Gasteiger partial charge in [0.2, 0.25) is 17.7 Å². The molecule has 15 heteroatoms. The van der Waals surface area contributed by atoms with Crippen molar-refractivity contribution in [3.8, 4) is 27.4 Å². The fourth-order valence-electron chi connectivity index (χ4n) is 9.09. The molecule has 2 aromatic heterocycles. The Kier molecular flexibility index (Phi) is 12.1. The topological polar surface area (TPSA) is 159 Å². The lowest BCUT2D eigenvalue weighted by molar-refractivity contribution is -0.145. The molecule has 4 atom stereocenters. The Morgan fingerprint density at radius 3 is 2.45 bits per heavy atom. The number of aromatic hydroxyl groups is 1. The molecule has 60 heavy (non-hydrogen) atoms. The lowest BCUT2D eigenvalue weighted by Crippen LogP contribution is -2.61. The van der Waals surface area contributed by atoms with E-state index in [1.165, 1.54) is 0 Å². The molecule has 4 aliphatic heterocycles. The summed E-state index contributed by atoms with van der Waals surface area (Å²) < 4.78 is 0. The maximum absolute atomic E-state index is 14.2. The van der Waals surface area contributed by atoms with Crippen LogP contribution in [0.5, 0.6) is 5.75 Å². The zero-order chi connectivity index (χ0) is 42.1. The molecule has 0 spiro atoms. The predicted molar refractivity (Wildman–Crippen MR) is 235 cm³/mol. The van der Waals surface area contributed by atoms with E-state index in [2.05, 4.69) is 58.0 Å². The highest BCUT2D eigenvalue weighted by Crippen LogP contribution is 2.36. The fraction of sp³-hybridized carbons (Fsp3) is 0.511. The van der Waals surface area contributed by atoms with Crippen molar-refractivity contribution in [2.24, 2.45) is 11.3 Å². The minimum Gasteiger partial charge on any atom is -0.507 e. The molecule has 6 heterocycles. The third-order valence-electron chi connectivity index (χ3n) is 12.6. The fourth-order valence-corrected chi connectivity index (χ4v) is 9.90. The van der Waals surface area contributed by atoms with Crippen LogP contribution in [0.2, 0.25) is 0 Å². The number of anilines is 2. The van der Waals surface area contributed by atoms with Crippen molar-refractivity contribution in [1.29, 1.82) is 0 Å². The number of thiazole rings is 1. The predicted octanol–water partition coefficient (Wildman–Crippen LogP) is 4.92. The summed E-state index contributed by atoms with van der Waals surface area (Å²) in [5.74, 6) is 0.347. The van der Waals surface area contributed by atoms with Gasteiger partial charge in [0.05, 0.1) is 45.5 Å². The molecule has 4 aromatic rings. The third-order valence-corrected chi connectivity index (χ3v) is 13.6. The van der Waals surface area contributed by atoms with Gasteiger partial charge in [-0.1, -0.05) is 57.2 Å². The maximum Gasteiger partial charge on any atom is 0.246 e. The number of phenolic OH excluding ortho intramolecular Hbond substituents is 1. The van der Waals surface area contributed by atoms with Crippen LogP contribution < -0.4 is 20.9 Å². The van der Waals surface area contributed by atoms with Crippen molar-refractivity contribution in [3.05, 3.63) is 71.4 Å². The molecule has 0 saturated carbocycles. The molecule has 3 amide bonds. The maximum atomic E-state index is 14.2. The smallest absolute Gasteiger partial charge is 0.246 e. The zero-order valence-electron chi connectivity index (χ0n) is 35.4. The van der Waals surface area contributed by atoms with Crippen LogP contribution in [0.25, 0.3) is 21.7 Å². The monoisotopic (exact) mass is 834 g/mol. The second-order valence-corrected chi connectivity index (χ2v) is 18.8. The molecule has 14 nitrogen and oxygen atoms in total. The summed E-state index contributed by atoms with van der Waals surface area (Å²) in [5, 5.41) is 28.9. The van der Waals surface area contributed by atoms with Gasteiger partial charge in [-0.05, 0) is 80.9 Å². The quantitative estimate of drug-likeness (QED) is 0.154. The summed E-state index contributed by atoms with van der Waals surface area (Å²) in [4.78, 5) is 55.9. The first kappa shape index (κ1) is 41.6. The summed E-state index contributed by atoms with van der Waals surface area (Å²) in [5.41, 5.74) is 6.76. The highest BCUT2D eigenvalue weighted by Gasteiger charge is 2.44. The molecule has 3 saturated heterocycles. The number of benzene rings is 2. The van der Waals surface area contributed by atoms with Crippen LogP contribution in [-0.2, 0) is 14.4 Å². The highest BCUT2D eigenvalue weighted by molar-refractivity contribution is 7.13. The molecular formula is C45H58N10O4S. The molecule has 8 rings (SSSR count). The van der Waals surface area contributed by atoms with Gasteiger partial charge in [-0.25, -0.2) is 4.98 Å². The average Bonchev–Trinajstić information content (AvgIpc) is 3.89. The van der Waals surface area contributed by atoms with Crippen molar-refractivity contribution in [2.75, 3.05) is 69.1 Å². The molecular weight excluding hydrogens is 777 g/mol. The van der Waals surface area contributed by atoms with E-state index in [9.17, 15) is 19.5 Å². The van der Waals surface area contributed by atoms with Crippen molar-refractivity contribution in [3.63, 3.8) is 0 Å². The van der Waals surface area contributed by atoms with Gasteiger partial charge in [0.15, 0.2) is 5.82 Å². The number of hydrogen-bond acceptors (Lipinski definition) is 12. The van der Waals surface area contributed by atoms with E-state index in [0.29, 0.717) is 43.4 Å². The number of aryl methyl sites for hydroxylation is 1. The molecule has 0 aliphatic carbocycles. The van der Waals surface area contributed by atoms with Gasteiger partial charge in [0.1, 0.15) is 17.8 Å². The summed E-state index contributed by atoms with van der Waals surface area (Å²) in [6.45, 7) is 17.2. The van der Waals surface area contributed by atoms with Crippen molar-refractivity contribution in [1.82, 2.24) is 40.5 Å². The van der Waals surface area contributed by atoms with Crippen molar-refractivity contribution in [2.45, 2.75) is 78.0 Å². The van der Waals surface area contributed by atoms with E-state index in [1.807, 2.05) is 70.5 Å². The number of carbonyl (C=O) groups excluding carboxylic acids is 3. The summed E-state index contributed by atoms with van der Waals surface area (Å²) in [7, 11) is 0. The van der Waals surface area contributed by atoms with Crippen LogP contribution >= 0.6 is 11.3 Å². The standard InChI is InChI=1S/C45H58N10O4S/c1-28(30-13-15-31(16-14-30)39-29(2)47-27-60-39)48-43(58)36-11-8-19-55(36)44(59)40(45(3,4)5)49-42(57)32-24-53(25-32)18-9-17-52-20-21-54-33(26-52)23-46-41-37(54)22-35(50-51-41)34-10-6-7-12-38(34)56/h6-7,10,12-16,22,27-28,32-33,36,40,56H,8-9,11,17-21,23-26H2,1-5H3,(H,46,51)(H,48,58)(H,49,57)/t28-,33?,36-,40+/m0/s1. The van der Waals surface area contributed by atoms with Gasteiger partial charge in [-0.15, -0.1) is 21.5 Å². The van der Waals surface area contributed by atoms with Gasteiger partial charge in [0, 0.05) is 51.4 Å². The van der Waals surface area contributed by atoms with Gasteiger partial charge in [-0.3, -0.25) is 19.3 Å². The number of phenols is 1. The van der Waals surface area contributed by atoms with Crippen LogP contribution in [0.15, 0.2) is 60.1 Å². The molecule has 318 valence electrons. The van der Waals surface area contributed by atoms with Crippen LogP contribution in [0, 0.1) is 18.3 Å². The van der Waals surface area contributed by atoms with Crippen molar-refractivity contribution >= 4 is 40.6 Å². The Morgan fingerprint density at radius 2 is 1.72 bits per heavy atom. The molecule has 2 aromatic carbocycles. The number of fused-ring (bicyclic) bond motifs is 3. The van der Waals surface area contributed by atoms with Crippen LogP contribution in [0.4, 0.5) is 11.5 Å². The lowest BCUT2D eigenvalue weighted by atomic mass is 9.84. The summed E-state index contributed by atoms with van der Waals surface area (Å²) in [6, 6.07) is 16.2. The van der Waals surface area contributed by atoms with E-state index >= 15 is 0 Å². The molecule has 4 aliphatic rings. The number of nitrogens with one attached hydrogen (secondary N) is 3. The number of carbonyl (C=O) groups is 3. The second-order valence-electron chi connectivity index (χ2n) is 17.9. The van der Waals surface area contributed by atoms with Crippen LogP contribution in [0.1, 0.15) is 64.3 Å². The first-order chi connectivity index (χ1) is 28.8. The van der Waals surface area contributed by atoms with Gasteiger partial charge in [-0.2, -0.15) is 0 Å². The second kappa shape index (κ2) is 17.5. The van der Waals surface area contributed by atoms with Crippen LogP contribution in [-0.4, -0.2) is 130 Å². The summed E-state index contributed by atoms with van der Waals surface area (Å²) >= 11 is 1.61. The normalized spacial score (nSPS) is 20.7. The molecule has 0 bridgehead atoms. The molecule has 0 radical (unpaired) electrons. The molecule has 4 N–H and O–H groups in total. The number of nitrogens with zero attached hydrogens (tertiary/aromatic N) is 7. The Hall–Kier alpha value is -5.12. The minimum atomic E-state index is -0.739. The van der Waals surface area contributed by atoms with E-state index < -0.39 is 17.5 Å². The van der Waals surface area contributed by atoms with E-state index in [0.717, 1.165) is 85.3 Å². The van der Waals surface area contributed by atoms with E-state index in [1.54, 1.807) is 28.4 Å². The molecule has 1 unspecified atom stereocenters. The van der Waals surface area contributed by atoms with Gasteiger partial charge < -0.3 is 35.8 Å². The lowest BCUT2D eigenvalue weighted by Gasteiger charge is -2.46. The van der Waals surface area contributed by atoms with E-state index in [-0.39, 0.29) is 35.4 Å². The number of rotatable bonds is 12. The zero-order valence-corrected chi connectivity index (χ0v) is 36.2. The Balaban J connectivity index is 0.786. The average molecular weight is 835 g/mol. The van der Waals surface area contributed by atoms with Crippen molar-refractivity contribution < 1.29 is 19.5 Å². The first-order valence-corrected chi connectivity index (χ1v) is 22.2. The highest BCUT2D eigenvalue weighted by atomic mass is 32.1. The van der Waals surface area contributed by atoms with Crippen LogP contribution in [0.3, 0.4) is 0 Å². The SMILES string of the molecule is Cc1ncsc1-c1ccc([C@H](C)NC(=O)[C@@H]2CCCN2C(=O)[C@@H](NC(=O)C2CN(CCCN3CCN4c5cc(-c6ccccc6O)nnc5NCC4C3)C2)C(C)(C)C)cc1.